The monoisotopic (exact) mass is 294 g/mol. The Kier molecular flexibility index (Phi) is 3.83. The van der Waals surface area contributed by atoms with E-state index in [4.69, 9.17) is 4.74 Å². The third kappa shape index (κ3) is 2.61. The van der Waals surface area contributed by atoms with Crippen LogP contribution in [-0.4, -0.2) is 53.0 Å². The maximum absolute atomic E-state index is 5.37. The van der Waals surface area contributed by atoms with Gasteiger partial charge in [-0.05, 0) is 13.8 Å². The van der Waals surface area contributed by atoms with Gasteiger partial charge in [0.05, 0.1) is 23.8 Å². The predicted molar refractivity (Wildman–Crippen MR) is 79.4 cm³/mol. The number of H-pyrrole nitrogens is 1. The van der Waals surface area contributed by atoms with E-state index < -0.39 is 0 Å². The second-order valence-corrected chi connectivity index (χ2v) is 5.53. The Morgan fingerprint density at radius 3 is 2.90 bits per heavy atom. The molecule has 0 spiro atoms. The maximum Gasteiger partial charge on any atom is 0.242 e. The van der Waals surface area contributed by atoms with Crippen molar-refractivity contribution in [3.05, 3.63) is 5.69 Å². The van der Waals surface area contributed by atoms with Crippen LogP contribution in [0.15, 0.2) is 0 Å². The number of nitrogens with one attached hydrogen (secondary N) is 2. The lowest BCUT2D eigenvalue weighted by molar-refractivity contribution is 0.122. The van der Waals surface area contributed by atoms with E-state index in [2.05, 4.69) is 30.4 Å². The zero-order chi connectivity index (χ0) is 13.9. The molecule has 7 nitrogen and oxygen atoms in total. The number of nitrogens with zero attached hydrogens (tertiary/aromatic N) is 4. The topological polar surface area (TPSA) is 79.0 Å². The van der Waals surface area contributed by atoms with Crippen LogP contribution in [0.3, 0.4) is 0 Å². The molecule has 2 aromatic rings. The summed E-state index contributed by atoms with van der Waals surface area (Å²) in [4.78, 5) is 12.4. The first-order valence-corrected chi connectivity index (χ1v) is 7.56. The number of ether oxygens (including phenoxy) is 1. The SMILES string of the molecule is CCNc1n[nH]c(-c2sc(N3CCOCC3)nc2C)n1. The molecule has 0 aromatic carbocycles. The van der Waals surface area contributed by atoms with Crippen molar-refractivity contribution in [2.24, 2.45) is 0 Å². The molecule has 3 rings (SSSR count). The van der Waals surface area contributed by atoms with Crippen molar-refractivity contribution in [1.29, 1.82) is 0 Å². The number of anilines is 2. The van der Waals surface area contributed by atoms with E-state index in [1.807, 2.05) is 13.8 Å². The molecule has 108 valence electrons. The van der Waals surface area contributed by atoms with E-state index >= 15 is 0 Å². The molecule has 3 heterocycles. The van der Waals surface area contributed by atoms with Gasteiger partial charge in [0.15, 0.2) is 11.0 Å². The fourth-order valence-corrected chi connectivity index (χ4v) is 3.15. The van der Waals surface area contributed by atoms with Gasteiger partial charge in [-0.2, -0.15) is 4.98 Å². The Morgan fingerprint density at radius 2 is 2.15 bits per heavy atom. The van der Waals surface area contributed by atoms with Crippen molar-refractivity contribution in [3.63, 3.8) is 0 Å². The van der Waals surface area contributed by atoms with Gasteiger partial charge in [0, 0.05) is 19.6 Å². The molecule has 8 heteroatoms. The highest BCUT2D eigenvalue weighted by atomic mass is 32.1. The lowest BCUT2D eigenvalue weighted by Crippen LogP contribution is -2.36. The molecule has 1 fully saturated rings. The van der Waals surface area contributed by atoms with E-state index in [0.717, 1.165) is 54.4 Å². The van der Waals surface area contributed by atoms with Gasteiger partial charge >= 0.3 is 0 Å². The molecule has 0 unspecified atom stereocenters. The molecule has 1 aliphatic rings. The third-order valence-electron chi connectivity index (χ3n) is 3.10. The van der Waals surface area contributed by atoms with Crippen molar-refractivity contribution >= 4 is 22.4 Å². The van der Waals surface area contributed by atoms with Gasteiger partial charge < -0.3 is 15.0 Å². The van der Waals surface area contributed by atoms with Gasteiger partial charge in [-0.1, -0.05) is 11.3 Å². The molecule has 20 heavy (non-hydrogen) atoms. The van der Waals surface area contributed by atoms with Crippen LogP contribution in [0.4, 0.5) is 11.1 Å². The second-order valence-electron chi connectivity index (χ2n) is 4.55. The minimum atomic E-state index is 0.628. The molecule has 0 aliphatic carbocycles. The summed E-state index contributed by atoms with van der Waals surface area (Å²) in [5.74, 6) is 1.40. The van der Waals surface area contributed by atoms with E-state index in [9.17, 15) is 0 Å². The van der Waals surface area contributed by atoms with Crippen molar-refractivity contribution < 1.29 is 4.74 Å². The second kappa shape index (κ2) is 5.76. The number of morpholine rings is 1. The van der Waals surface area contributed by atoms with Gasteiger partial charge in [-0.25, -0.2) is 4.98 Å². The van der Waals surface area contributed by atoms with Crippen LogP contribution in [0, 0.1) is 6.92 Å². The standard InChI is InChI=1S/C12H18N6OS/c1-3-13-11-15-10(16-17-11)9-8(2)14-12(20-9)18-4-6-19-7-5-18/h3-7H2,1-2H3,(H2,13,15,16,17). The highest BCUT2D eigenvalue weighted by molar-refractivity contribution is 7.19. The third-order valence-corrected chi connectivity index (χ3v) is 4.33. The number of aryl methyl sites for hydroxylation is 1. The molecule has 0 saturated carbocycles. The molecule has 0 radical (unpaired) electrons. The average molecular weight is 294 g/mol. The highest BCUT2D eigenvalue weighted by Crippen LogP contribution is 2.33. The van der Waals surface area contributed by atoms with Crippen LogP contribution >= 0.6 is 11.3 Å². The molecule has 2 aromatic heterocycles. The Morgan fingerprint density at radius 1 is 1.35 bits per heavy atom. The molecule has 1 aliphatic heterocycles. The zero-order valence-corrected chi connectivity index (χ0v) is 12.5. The molecule has 0 amide bonds. The summed E-state index contributed by atoms with van der Waals surface area (Å²) in [6.07, 6.45) is 0. The number of hydrogen-bond donors (Lipinski definition) is 2. The van der Waals surface area contributed by atoms with Crippen molar-refractivity contribution in [2.75, 3.05) is 43.1 Å². The lowest BCUT2D eigenvalue weighted by atomic mass is 10.4. The Hall–Kier alpha value is -1.67. The summed E-state index contributed by atoms with van der Waals surface area (Å²) in [7, 11) is 0. The van der Waals surface area contributed by atoms with Crippen LogP contribution in [0.1, 0.15) is 12.6 Å². The lowest BCUT2D eigenvalue weighted by Gasteiger charge is -2.25. The molecule has 1 saturated heterocycles. The van der Waals surface area contributed by atoms with E-state index in [-0.39, 0.29) is 0 Å². The first kappa shape index (κ1) is 13.3. The van der Waals surface area contributed by atoms with E-state index in [1.54, 1.807) is 11.3 Å². The highest BCUT2D eigenvalue weighted by Gasteiger charge is 2.19. The smallest absolute Gasteiger partial charge is 0.242 e. The first-order chi connectivity index (χ1) is 9.78. The number of rotatable bonds is 4. The summed E-state index contributed by atoms with van der Waals surface area (Å²) >= 11 is 1.65. The minimum absolute atomic E-state index is 0.628. The summed E-state index contributed by atoms with van der Waals surface area (Å²) in [5, 5.41) is 11.2. The first-order valence-electron chi connectivity index (χ1n) is 6.74. The van der Waals surface area contributed by atoms with Crippen molar-refractivity contribution in [1.82, 2.24) is 20.2 Å². The van der Waals surface area contributed by atoms with Crippen LogP contribution in [0.5, 0.6) is 0 Å². The number of hydrogen-bond acceptors (Lipinski definition) is 7. The summed E-state index contributed by atoms with van der Waals surface area (Å²) in [6.45, 7) is 8.15. The number of aromatic amines is 1. The molecular weight excluding hydrogens is 276 g/mol. The average Bonchev–Trinajstić information content (AvgIpc) is 3.07. The molecule has 2 N–H and O–H groups in total. The van der Waals surface area contributed by atoms with Crippen LogP contribution < -0.4 is 10.2 Å². The van der Waals surface area contributed by atoms with E-state index in [1.165, 1.54) is 0 Å². The largest absolute Gasteiger partial charge is 0.378 e. The fraction of sp³-hybridized carbons (Fsp3) is 0.583. The van der Waals surface area contributed by atoms with Crippen LogP contribution in [0.2, 0.25) is 0 Å². The van der Waals surface area contributed by atoms with Crippen molar-refractivity contribution in [3.8, 4) is 10.7 Å². The Bertz CT molecular complexity index is 574. The number of thiazole rings is 1. The normalized spacial score (nSPS) is 15.6. The zero-order valence-electron chi connectivity index (χ0n) is 11.6. The summed E-state index contributed by atoms with van der Waals surface area (Å²) in [5.41, 5.74) is 0.982. The molecule has 0 bridgehead atoms. The molecular formula is C12H18N6OS. The predicted octanol–water partition coefficient (Wildman–Crippen LogP) is 1.51. The molecule has 0 atom stereocenters. The van der Waals surface area contributed by atoms with Gasteiger partial charge in [0.25, 0.3) is 0 Å². The summed E-state index contributed by atoms with van der Waals surface area (Å²) in [6, 6.07) is 0. The maximum atomic E-state index is 5.37. The minimum Gasteiger partial charge on any atom is -0.378 e. The quantitative estimate of drug-likeness (QED) is 0.890. The van der Waals surface area contributed by atoms with Crippen LogP contribution in [0.25, 0.3) is 10.7 Å². The number of aromatic nitrogens is 4. The van der Waals surface area contributed by atoms with Gasteiger partial charge in [0.1, 0.15) is 0 Å². The van der Waals surface area contributed by atoms with E-state index in [0.29, 0.717) is 5.95 Å². The van der Waals surface area contributed by atoms with Gasteiger partial charge in [0.2, 0.25) is 5.95 Å². The van der Waals surface area contributed by atoms with Gasteiger partial charge in [-0.15, -0.1) is 5.10 Å². The van der Waals surface area contributed by atoms with Gasteiger partial charge in [-0.3, -0.25) is 5.10 Å². The Labute approximate surface area is 121 Å². The van der Waals surface area contributed by atoms with Crippen LogP contribution in [-0.2, 0) is 4.74 Å². The summed E-state index contributed by atoms with van der Waals surface area (Å²) < 4.78 is 5.37. The fourth-order valence-electron chi connectivity index (χ4n) is 2.09. The van der Waals surface area contributed by atoms with Crippen molar-refractivity contribution in [2.45, 2.75) is 13.8 Å². The Balaban J connectivity index is 1.83.